The minimum Gasteiger partial charge on any atom is -0.508 e. The van der Waals surface area contributed by atoms with Crippen LogP contribution in [0.2, 0.25) is 0 Å². The highest BCUT2D eigenvalue weighted by Crippen LogP contribution is 2.28. The molecule has 4 fully saturated rings. The number of thioether (sulfide) groups is 1. The fourth-order valence-corrected chi connectivity index (χ4v) is 17.8. The molecule has 0 radical (unpaired) electrons. The first-order valence-corrected chi connectivity index (χ1v) is 46.3. The van der Waals surface area contributed by atoms with Crippen molar-refractivity contribution in [2.24, 2.45) is 23.3 Å². The molecule has 39 nitrogen and oxygen atoms in total. The number of carbonyl (C=O) groups is 17. The van der Waals surface area contributed by atoms with Gasteiger partial charge in [-0.25, -0.2) is 0 Å². The Morgan fingerprint density at radius 1 is 0.534 bits per heavy atom. The maximum absolute atomic E-state index is 15.6. The number of rotatable bonds is 22. The fourth-order valence-electron chi connectivity index (χ4n) is 17.0. The molecule has 5 aromatic rings. The van der Waals surface area contributed by atoms with Crippen LogP contribution in [-0.4, -0.2) is 313 Å². The van der Waals surface area contributed by atoms with Gasteiger partial charge in [-0.05, 0) is 111 Å². The Labute approximate surface area is 766 Å². The number of para-hydroxylation sites is 2. The summed E-state index contributed by atoms with van der Waals surface area (Å²) in [6.07, 6.45) is 3.96. The first kappa shape index (κ1) is 103. The topological polar surface area (TPSA) is 554 Å². The highest BCUT2D eigenvalue weighted by molar-refractivity contribution is 8.00. The summed E-state index contributed by atoms with van der Waals surface area (Å²) in [5.41, 5.74) is 14.8. The third-order valence-corrected chi connectivity index (χ3v) is 25.4. The SMILES string of the molecule is CCCC[C@H]1C(=O)N(C)[C@@H](CCCC)C(=O)N[C@@H](CC(C)C)C(=O)N[C@H](C(=O)NCC(=O)N2CCCC2)CSCC(=O)N[C@@H](Cc2ccc(O)cc2)C(=O)N(C)[C@@H](C)C(=O)N[C@@H](CC(N)=O)C(=O)N2CCC[C@H]2C(=O)N[C@@H](CN)C(=O)N[C@@H](CC(C)C)C(=O)N2C[C@H](O)C[C@H]2C(=O)N[C@@H](Cc2c[nH]c3ccccc23)C(=O)NCC(=O)N[C@@H](Cc2c[nH]c3ccccc23)C(=O)N1C. The molecule has 131 heavy (non-hydrogen) atoms. The van der Waals surface area contributed by atoms with Crippen molar-refractivity contribution < 1.29 is 91.7 Å². The van der Waals surface area contributed by atoms with Gasteiger partial charge < -0.3 is 114 Å². The number of benzene rings is 3. The van der Waals surface area contributed by atoms with E-state index in [9.17, 15) is 63.0 Å². The Balaban J connectivity index is 1.07. The number of amides is 17. The average molecular weight is 1840 g/mol. The van der Waals surface area contributed by atoms with Crippen molar-refractivity contribution in [3.8, 4) is 5.75 Å². The number of hydrogen-bond donors (Lipinski definition) is 16. The van der Waals surface area contributed by atoms with Crippen molar-refractivity contribution in [1.82, 2.24) is 92.5 Å². The molecule has 6 heterocycles. The van der Waals surface area contributed by atoms with E-state index >= 15 is 28.8 Å². The van der Waals surface area contributed by atoms with Crippen LogP contribution in [-0.2, 0) is 101 Å². The summed E-state index contributed by atoms with van der Waals surface area (Å²) in [7, 11) is 4.07. The maximum Gasteiger partial charge on any atom is 0.246 e. The van der Waals surface area contributed by atoms with E-state index in [1.165, 1.54) is 62.1 Å². The Bertz CT molecular complexity index is 4900. The number of aromatic hydroxyl groups is 1. The monoisotopic (exact) mass is 1840 g/mol. The van der Waals surface area contributed by atoms with E-state index in [4.69, 9.17) is 11.5 Å². The van der Waals surface area contributed by atoms with Crippen molar-refractivity contribution in [2.75, 3.05) is 78.5 Å². The smallest absolute Gasteiger partial charge is 0.246 e. The molecule has 18 N–H and O–H groups in total. The summed E-state index contributed by atoms with van der Waals surface area (Å²) in [6, 6.07) is 1.13. The minimum atomic E-state index is -1.75. The molecule has 17 amide bonds. The number of fused-ring (bicyclic) bond motifs is 4. The molecule has 9 rings (SSSR count). The van der Waals surface area contributed by atoms with Crippen LogP contribution < -0.4 is 64.6 Å². The molecular formula is C91H130N20O19S. The Morgan fingerprint density at radius 2 is 1.06 bits per heavy atom. The van der Waals surface area contributed by atoms with Gasteiger partial charge in [0.25, 0.3) is 0 Å². The second kappa shape index (κ2) is 48.6. The highest BCUT2D eigenvalue weighted by atomic mass is 32.2. The van der Waals surface area contributed by atoms with E-state index in [1.807, 2.05) is 32.0 Å². The van der Waals surface area contributed by atoms with Crippen molar-refractivity contribution >= 4 is 134 Å². The highest BCUT2D eigenvalue weighted by Gasteiger charge is 2.46. The van der Waals surface area contributed by atoms with Gasteiger partial charge in [-0.15, -0.1) is 11.8 Å². The van der Waals surface area contributed by atoms with Gasteiger partial charge in [0, 0.05) is 120 Å². The number of nitrogens with two attached hydrogens (primary N) is 2. The van der Waals surface area contributed by atoms with E-state index < -0.39 is 218 Å². The van der Waals surface area contributed by atoms with Crippen molar-refractivity contribution in [3.63, 3.8) is 0 Å². The first-order valence-electron chi connectivity index (χ1n) is 45.2. The molecule has 4 aliphatic heterocycles. The zero-order chi connectivity index (χ0) is 95.6. The number of phenolic OH excluding ortho intramolecular Hbond substituents is 1. The van der Waals surface area contributed by atoms with Crippen molar-refractivity contribution in [3.05, 3.63) is 102 Å². The van der Waals surface area contributed by atoms with Crippen LogP contribution in [0.4, 0.5) is 0 Å². The van der Waals surface area contributed by atoms with E-state index in [1.54, 1.807) is 75.3 Å². The van der Waals surface area contributed by atoms with Gasteiger partial charge in [0.2, 0.25) is 100 Å². The quantitative estimate of drug-likeness (QED) is 0.0420. The molecule has 4 saturated heterocycles. The summed E-state index contributed by atoms with van der Waals surface area (Å²) in [4.78, 5) is 263. The summed E-state index contributed by atoms with van der Waals surface area (Å²) in [5.74, 6) is -15.8. The summed E-state index contributed by atoms with van der Waals surface area (Å²) in [6.45, 7) is 10.8. The summed E-state index contributed by atoms with van der Waals surface area (Å²) in [5, 5.41) is 49.9. The van der Waals surface area contributed by atoms with Crippen LogP contribution in [0.5, 0.6) is 5.75 Å². The first-order chi connectivity index (χ1) is 62.4. The van der Waals surface area contributed by atoms with Crippen molar-refractivity contribution in [1.29, 1.82) is 0 Å². The predicted molar refractivity (Wildman–Crippen MR) is 487 cm³/mol. The third kappa shape index (κ3) is 28.2. The molecule has 14 atom stereocenters. The number of carbonyl (C=O) groups excluding carboxylic acids is 17. The molecule has 0 spiro atoms. The number of nitrogens with one attached hydrogen (secondary N) is 12. The zero-order valence-electron chi connectivity index (χ0n) is 76.3. The lowest BCUT2D eigenvalue weighted by Crippen LogP contribution is -2.61. The van der Waals surface area contributed by atoms with Crippen LogP contribution in [0.25, 0.3) is 21.8 Å². The van der Waals surface area contributed by atoms with Gasteiger partial charge in [0.15, 0.2) is 0 Å². The number of unbranched alkanes of at least 4 members (excludes halogenated alkanes) is 2. The molecule has 40 heteroatoms. The molecular weight excluding hydrogens is 1710 g/mol. The van der Waals surface area contributed by atoms with Crippen LogP contribution in [0.3, 0.4) is 0 Å². The summed E-state index contributed by atoms with van der Waals surface area (Å²) < 4.78 is 0. The fraction of sp³-hybridized carbons (Fsp3) is 0.571. The number of phenols is 1. The lowest BCUT2D eigenvalue weighted by Gasteiger charge is -2.36. The van der Waals surface area contributed by atoms with E-state index in [2.05, 4.69) is 63.1 Å². The predicted octanol–water partition coefficient (Wildman–Crippen LogP) is -0.377. The molecule has 3 aromatic carbocycles. The Hall–Kier alpha value is -12.2. The van der Waals surface area contributed by atoms with Crippen LogP contribution >= 0.6 is 11.8 Å². The molecule has 0 bridgehead atoms. The van der Waals surface area contributed by atoms with Gasteiger partial charge in [-0.2, -0.15) is 0 Å². The largest absolute Gasteiger partial charge is 0.508 e. The van der Waals surface area contributed by atoms with E-state index in [-0.39, 0.29) is 100.0 Å². The third-order valence-electron chi connectivity index (χ3n) is 24.4. The second-order valence-corrected chi connectivity index (χ2v) is 36.3. The van der Waals surface area contributed by atoms with Gasteiger partial charge in [-0.1, -0.05) is 116 Å². The number of aliphatic hydroxyl groups excluding tert-OH is 1. The normalized spacial score (nSPS) is 25.3. The van der Waals surface area contributed by atoms with Crippen LogP contribution in [0, 0.1) is 11.8 Å². The molecule has 0 saturated carbocycles. The Morgan fingerprint density at radius 3 is 1.67 bits per heavy atom. The number of likely N-dealkylation sites (N-methyl/N-ethyl adjacent to an activating group) is 3. The van der Waals surface area contributed by atoms with E-state index in [0.29, 0.717) is 77.3 Å². The van der Waals surface area contributed by atoms with E-state index in [0.717, 1.165) is 39.3 Å². The summed E-state index contributed by atoms with van der Waals surface area (Å²) >= 11 is 0.850. The molecule has 2 aromatic heterocycles. The molecule has 714 valence electrons. The maximum atomic E-state index is 15.6. The standard InChI is InChI=1S/C91H130N20O19S/c1-11-13-26-71-84(123)100-63(36-51(3)4)82(121)105-70(81(120)97-47-78(117)109-33-19-20-34-109)49-131-50-77(116)99-66(38-54-29-31-57(112)32-30-54)87(126)106(8)53(7)79(118)102-68(42-75(93)114)89(128)110-35-21-28-72(110)85(124)104-69(43-92)83(122)103-65(37-52(5)6)90(129)111-48-58(113)41-74(111)86(125)101-64(39-55-44-94-61-24-17-15-22-59(55)61)80(119)96-46-76(115)98-67(40-56-45-95-62-25-18-16-23-60(56)62)88(127)108(10)73(27-14-12-2)91(130)107(71)9/h15-18,22-25,29-32,44-45,51-53,58,63-74,94-95,112-113H,11-14,19-21,26-28,33-43,46-50,92H2,1-10H3,(H2,93,114)(H,96,119)(H,97,120)(H,98,115)(H,99,116)(H,100,123)(H,101,125)(H,102,118)(H,103,122)(H,104,124)(H,105,121)/t53-,58+,63-,64-,65-,66-,67-,68-,69-,70-,71-,72-,73-,74-/m0/s1. The van der Waals surface area contributed by atoms with Crippen LogP contribution in [0.1, 0.15) is 155 Å². The zero-order valence-corrected chi connectivity index (χ0v) is 77.1. The van der Waals surface area contributed by atoms with Gasteiger partial charge in [0.05, 0.1) is 31.4 Å². The number of aliphatic hydroxyl groups is 1. The van der Waals surface area contributed by atoms with Crippen molar-refractivity contribution in [2.45, 2.75) is 242 Å². The number of aromatic nitrogens is 2. The molecule has 4 aliphatic rings. The van der Waals surface area contributed by atoms with Gasteiger partial charge in [0.1, 0.15) is 84.3 Å². The lowest BCUT2D eigenvalue weighted by molar-refractivity contribution is -0.149. The Kier molecular flexibility index (Phi) is 38.1. The van der Waals surface area contributed by atoms with Crippen LogP contribution in [0.15, 0.2) is 85.2 Å². The molecule has 0 unspecified atom stereocenters. The number of aromatic amines is 2. The number of H-pyrrole nitrogens is 2. The number of likely N-dealkylation sites (tertiary alicyclic amines) is 1. The van der Waals surface area contributed by atoms with Gasteiger partial charge >= 0.3 is 0 Å². The molecule has 0 aliphatic carbocycles. The number of hydrogen-bond acceptors (Lipinski definition) is 21. The van der Waals surface area contributed by atoms with Gasteiger partial charge in [-0.3, -0.25) is 81.5 Å². The number of primary amides is 1. The second-order valence-electron chi connectivity index (χ2n) is 35.2. The number of nitrogens with zero attached hydrogens (tertiary/aromatic N) is 6. The lowest BCUT2D eigenvalue weighted by atomic mass is 9.99. The minimum absolute atomic E-state index is 0.00625. The average Bonchev–Trinajstić information content (AvgIpc) is 1.64.